The minimum atomic E-state index is 0.274. The number of hydrogen-bond donors (Lipinski definition) is 2. The number of aromatic nitrogens is 2. The molecule has 1 saturated carbocycles. The van der Waals surface area contributed by atoms with E-state index in [-0.39, 0.29) is 6.61 Å². The number of anilines is 2. The third-order valence-electron chi connectivity index (χ3n) is 3.23. The minimum Gasteiger partial charge on any atom is -0.396 e. The molecule has 1 heterocycles. The monoisotopic (exact) mass is 250 g/mol. The third kappa shape index (κ3) is 3.57. The Morgan fingerprint density at radius 1 is 1.33 bits per heavy atom. The summed E-state index contributed by atoms with van der Waals surface area (Å²) in [5.74, 6) is 2.89. The summed E-state index contributed by atoms with van der Waals surface area (Å²) < 4.78 is 0. The van der Waals surface area contributed by atoms with E-state index in [9.17, 15) is 0 Å². The number of rotatable bonds is 7. The molecular weight excluding hydrogens is 228 g/mol. The van der Waals surface area contributed by atoms with Crippen molar-refractivity contribution in [2.45, 2.75) is 38.0 Å². The molecule has 0 radical (unpaired) electrons. The number of aliphatic hydroxyl groups is 1. The Morgan fingerprint density at radius 3 is 2.78 bits per heavy atom. The minimum absolute atomic E-state index is 0.274. The van der Waals surface area contributed by atoms with Gasteiger partial charge in [-0.15, -0.1) is 0 Å². The Bertz CT molecular complexity index is 393. The van der Waals surface area contributed by atoms with Gasteiger partial charge < -0.3 is 15.7 Å². The lowest BCUT2D eigenvalue weighted by molar-refractivity contribution is 0.283. The van der Waals surface area contributed by atoms with Gasteiger partial charge in [-0.2, -0.15) is 0 Å². The summed E-state index contributed by atoms with van der Waals surface area (Å²) in [5, 5.41) is 8.74. The van der Waals surface area contributed by atoms with Crippen molar-refractivity contribution in [1.29, 1.82) is 0 Å². The zero-order valence-electron chi connectivity index (χ0n) is 11.0. The first-order valence-corrected chi connectivity index (χ1v) is 6.67. The molecule has 1 aromatic heterocycles. The van der Waals surface area contributed by atoms with Gasteiger partial charge in [0, 0.05) is 32.2 Å². The average molecular weight is 250 g/mol. The average Bonchev–Trinajstić information content (AvgIpc) is 3.18. The van der Waals surface area contributed by atoms with Gasteiger partial charge >= 0.3 is 0 Å². The Kier molecular flexibility index (Phi) is 4.36. The maximum atomic E-state index is 8.74. The molecule has 1 fully saturated rings. The van der Waals surface area contributed by atoms with Crippen LogP contribution in [0.15, 0.2) is 6.07 Å². The van der Waals surface area contributed by atoms with Crippen LogP contribution in [0.3, 0.4) is 0 Å². The lowest BCUT2D eigenvalue weighted by atomic mass is 10.2. The van der Waals surface area contributed by atoms with Crippen LogP contribution in [0.2, 0.25) is 0 Å². The molecule has 0 atom stereocenters. The van der Waals surface area contributed by atoms with Gasteiger partial charge in [0.2, 0.25) is 0 Å². The van der Waals surface area contributed by atoms with Crippen molar-refractivity contribution in [2.75, 3.05) is 30.8 Å². The van der Waals surface area contributed by atoms with Crippen molar-refractivity contribution in [3.8, 4) is 0 Å². The standard InChI is InChI=1S/C13H22N4O/c1-17(7-3-2-4-8-18)12-9-11(14)15-13(16-12)10-5-6-10/h9-10,18H,2-8H2,1H3,(H2,14,15,16). The Balaban J connectivity index is 1.94. The SMILES string of the molecule is CN(CCCCCO)c1cc(N)nc(C2CC2)n1. The molecule has 0 amide bonds. The highest BCUT2D eigenvalue weighted by atomic mass is 16.2. The molecular formula is C13H22N4O. The zero-order chi connectivity index (χ0) is 13.0. The van der Waals surface area contributed by atoms with Crippen molar-refractivity contribution in [1.82, 2.24) is 9.97 Å². The van der Waals surface area contributed by atoms with E-state index in [0.29, 0.717) is 11.7 Å². The molecule has 0 aliphatic heterocycles. The number of nitrogens with zero attached hydrogens (tertiary/aromatic N) is 3. The number of nitrogen functional groups attached to an aromatic ring is 1. The van der Waals surface area contributed by atoms with E-state index >= 15 is 0 Å². The summed E-state index contributed by atoms with van der Waals surface area (Å²) in [6.07, 6.45) is 5.33. The molecule has 5 nitrogen and oxygen atoms in total. The smallest absolute Gasteiger partial charge is 0.136 e. The number of nitrogens with two attached hydrogens (primary N) is 1. The summed E-state index contributed by atoms with van der Waals surface area (Å²) in [5.41, 5.74) is 5.83. The Morgan fingerprint density at radius 2 is 2.11 bits per heavy atom. The molecule has 0 spiro atoms. The molecule has 0 bridgehead atoms. The van der Waals surface area contributed by atoms with E-state index < -0.39 is 0 Å². The van der Waals surface area contributed by atoms with Gasteiger partial charge in [-0.25, -0.2) is 9.97 Å². The van der Waals surface area contributed by atoms with Crippen LogP contribution in [0.5, 0.6) is 0 Å². The zero-order valence-corrected chi connectivity index (χ0v) is 11.0. The van der Waals surface area contributed by atoms with Gasteiger partial charge in [0.15, 0.2) is 0 Å². The first-order chi connectivity index (χ1) is 8.70. The van der Waals surface area contributed by atoms with Gasteiger partial charge in [-0.1, -0.05) is 0 Å². The molecule has 0 saturated heterocycles. The van der Waals surface area contributed by atoms with E-state index in [4.69, 9.17) is 10.8 Å². The third-order valence-corrected chi connectivity index (χ3v) is 3.23. The molecule has 100 valence electrons. The molecule has 0 aromatic carbocycles. The fourth-order valence-electron chi connectivity index (χ4n) is 1.94. The van der Waals surface area contributed by atoms with Crippen LogP contribution in [0, 0.1) is 0 Å². The number of hydrogen-bond acceptors (Lipinski definition) is 5. The second-order valence-corrected chi connectivity index (χ2v) is 4.99. The molecule has 1 aliphatic rings. The van der Waals surface area contributed by atoms with Gasteiger partial charge in [-0.05, 0) is 32.1 Å². The summed E-state index contributed by atoms with van der Waals surface area (Å²) in [4.78, 5) is 11.0. The van der Waals surface area contributed by atoms with Crippen molar-refractivity contribution in [3.63, 3.8) is 0 Å². The van der Waals surface area contributed by atoms with Crippen LogP contribution in [0.25, 0.3) is 0 Å². The van der Waals surface area contributed by atoms with E-state index in [0.717, 1.165) is 37.4 Å². The highest BCUT2D eigenvalue weighted by Crippen LogP contribution is 2.38. The molecule has 0 unspecified atom stereocenters. The van der Waals surface area contributed by atoms with E-state index in [1.165, 1.54) is 12.8 Å². The van der Waals surface area contributed by atoms with Gasteiger partial charge in [-0.3, -0.25) is 0 Å². The van der Waals surface area contributed by atoms with Crippen molar-refractivity contribution in [2.24, 2.45) is 0 Å². The van der Waals surface area contributed by atoms with E-state index in [2.05, 4.69) is 14.9 Å². The van der Waals surface area contributed by atoms with Crippen LogP contribution in [-0.4, -0.2) is 35.3 Å². The first-order valence-electron chi connectivity index (χ1n) is 6.67. The molecule has 1 aliphatic carbocycles. The van der Waals surface area contributed by atoms with Crippen LogP contribution < -0.4 is 10.6 Å². The fraction of sp³-hybridized carbons (Fsp3) is 0.692. The summed E-state index contributed by atoms with van der Waals surface area (Å²) >= 11 is 0. The predicted molar refractivity (Wildman–Crippen MR) is 72.6 cm³/mol. The van der Waals surface area contributed by atoms with Gasteiger partial charge in [0.1, 0.15) is 17.5 Å². The van der Waals surface area contributed by atoms with Crippen LogP contribution in [0.1, 0.15) is 43.8 Å². The quantitative estimate of drug-likeness (QED) is 0.718. The highest BCUT2D eigenvalue weighted by molar-refractivity contribution is 5.47. The summed E-state index contributed by atoms with van der Waals surface area (Å²) in [6.45, 7) is 1.20. The Labute approximate surface area is 108 Å². The maximum Gasteiger partial charge on any atom is 0.136 e. The topological polar surface area (TPSA) is 75.3 Å². The maximum absolute atomic E-state index is 8.74. The van der Waals surface area contributed by atoms with Crippen LogP contribution >= 0.6 is 0 Å². The second-order valence-electron chi connectivity index (χ2n) is 4.99. The largest absolute Gasteiger partial charge is 0.396 e. The van der Waals surface area contributed by atoms with Crippen molar-refractivity contribution in [3.05, 3.63) is 11.9 Å². The molecule has 18 heavy (non-hydrogen) atoms. The fourth-order valence-corrected chi connectivity index (χ4v) is 1.94. The molecule has 1 aromatic rings. The Hall–Kier alpha value is -1.36. The summed E-state index contributed by atoms with van der Waals surface area (Å²) in [7, 11) is 2.03. The van der Waals surface area contributed by atoms with Crippen LogP contribution in [-0.2, 0) is 0 Å². The van der Waals surface area contributed by atoms with Crippen LogP contribution in [0.4, 0.5) is 11.6 Å². The highest BCUT2D eigenvalue weighted by Gasteiger charge is 2.27. The molecule has 3 N–H and O–H groups in total. The first kappa shape index (κ1) is 13.1. The second kappa shape index (κ2) is 6.00. The molecule has 2 rings (SSSR count). The van der Waals surface area contributed by atoms with Gasteiger partial charge in [0.25, 0.3) is 0 Å². The summed E-state index contributed by atoms with van der Waals surface area (Å²) in [6, 6.07) is 1.83. The number of aliphatic hydroxyl groups excluding tert-OH is 1. The predicted octanol–water partition coefficient (Wildman–Crippen LogP) is 1.53. The lowest BCUT2D eigenvalue weighted by Gasteiger charge is -2.18. The van der Waals surface area contributed by atoms with Gasteiger partial charge in [0.05, 0.1) is 0 Å². The molecule has 5 heteroatoms. The van der Waals surface area contributed by atoms with E-state index in [1.807, 2.05) is 13.1 Å². The normalized spacial score (nSPS) is 14.8. The number of unbranched alkanes of at least 4 members (excludes halogenated alkanes) is 2. The lowest BCUT2D eigenvalue weighted by Crippen LogP contribution is -2.21. The van der Waals surface area contributed by atoms with Crippen molar-refractivity contribution >= 4 is 11.6 Å². The van der Waals surface area contributed by atoms with Crippen molar-refractivity contribution < 1.29 is 5.11 Å². The van der Waals surface area contributed by atoms with E-state index in [1.54, 1.807) is 0 Å².